The lowest BCUT2D eigenvalue weighted by atomic mass is 10.0. The van der Waals surface area contributed by atoms with Crippen LogP contribution < -0.4 is 10.2 Å². The Morgan fingerprint density at radius 1 is 1.29 bits per heavy atom. The molecule has 0 saturated carbocycles. The van der Waals surface area contributed by atoms with Gasteiger partial charge in [-0.3, -0.25) is 9.59 Å². The molecule has 0 bridgehead atoms. The fraction of sp³-hybridized carbons (Fsp3) is 0.500. The molecule has 0 heterocycles. The molecule has 1 aromatic carbocycles. The topological polar surface area (TPSA) is 77.0 Å². The van der Waals surface area contributed by atoms with Gasteiger partial charge in [-0.05, 0) is 43.9 Å². The number of nitrogens with one attached hydrogen (secondary N) is 1. The van der Waals surface area contributed by atoms with E-state index in [2.05, 4.69) is 24.4 Å². The number of hydrogen-bond acceptors (Lipinski definition) is 5. The molecule has 0 aliphatic carbocycles. The zero-order chi connectivity index (χ0) is 18.1. The molecule has 0 aliphatic rings. The van der Waals surface area contributed by atoms with Crippen LogP contribution in [0.25, 0.3) is 0 Å². The number of carbonyl (C=O) groups is 2. The Morgan fingerprint density at radius 2 is 2.00 bits per heavy atom. The van der Waals surface area contributed by atoms with Crippen LogP contribution in [-0.2, 0) is 14.3 Å². The number of benzene rings is 1. The summed E-state index contributed by atoms with van der Waals surface area (Å²) in [4.78, 5) is 23.1. The maximum absolute atomic E-state index is 11.8. The Kier molecular flexibility index (Phi) is 7.95. The van der Waals surface area contributed by atoms with Crippen molar-refractivity contribution in [2.24, 2.45) is 5.10 Å². The van der Waals surface area contributed by atoms with Crippen molar-refractivity contribution in [3.63, 3.8) is 0 Å². The lowest BCUT2D eigenvalue weighted by molar-refractivity contribution is -0.141. The molecule has 0 aliphatic heterocycles. The highest BCUT2D eigenvalue weighted by Gasteiger charge is 2.10. The second-order valence-electron chi connectivity index (χ2n) is 5.85. The van der Waals surface area contributed by atoms with Crippen molar-refractivity contribution < 1.29 is 19.1 Å². The zero-order valence-electron chi connectivity index (χ0n) is 15.0. The fourth-order valence-corrected chi connectivity index (χ4v) is 2.04. The van der Waals surface area contributed by atoms with Crippen molar-refractivity contribution in [3.05, 3.63) is 29.3 Å². The summed E-state index contributed by atoms with van der Waals surface area (Å²) in [5.41, 5.74) is 4.97. The summed E-state index contributed by atoms with van der Waals surface area (Å²) in [5, 5.41) is 3.87. The van der Waals surface area contributed by atoms with E-state index in [-0.39, 0.29) is 24.9 Å². The third-order valence-electron chi connectivity index (χ3n) is 3.23. The number of rotatable bonds is 8. The van der Waals surface area contributed by atoms with Crippen molar-refractivity contribution in [3.8, 4) is 5.75 Å². The SMILES string of the molecule is CCOC(=O)C/C(C)=N\NC(=O)COc1cc(C)ccc1C(C)C. The maximum Gasteiger partial charge on any atom is 0.311 e. The number of aryl methyl sites for hydroxylation is 1. The molecule has 1 aromatic rings. The second-order valence-corrected chi connectivity index (χ2v) is 5.85. The van der Waals surface area contributed by atoms with E-state index in [9.17, 15) is 9.59 Å². The van der Waals surface area contributed by atoms with Gasteiger partial charge >= 0.3 is 5.97 Å². The first-order valence-corrected chi connectivity index (χ1v) is 8.04. The molecular formula is C18H26N2O4. The molecule has 0 fully saturated rings. The van der Waals surface area contributed by atoms with Crippen molar-refractivity contribution >= 4 is 17.6 Å². The van der Waals surface area contributed by atoms with Crippen LogP contribution >= 0.6 is 0 Å². The van der Waals surface area contributed by atoms with Crippen molar-refractivity contribution in [1.29, 1.82) is 0 Å². The molecule has 1 rings (SSSR count). The molecule has 0 aromatic heterocycles. The van der Waals surface area contributed by atoms with E-state index in [1.54, 1.807) is 13.8 Å². The van der Waals surface area contributed by atoms with E-state index in [1.165, 1.54) is 0 Å². The van der Waals surface area contributed by atoms with Gasteiger partial charge in [0.25, 0.3) is 5.91 Å². The van der Waals surface area contributed by atoms with E-state index in [0.29, 0.717) is 24.0 Å². The van der Waals surface area contributed by atoms with E-state index in [1.807, 2.05) is 25.1 Å². The first-order chi connectivity index (χ1) is 11.3. The summed E-state index contributed by atoms with van der Waals surface area (Å²) < 4.78 is 10.4. The summed E-state index contributed by atoms with van der Waals surface area (Å²) in [5.74, 6) is 0.251. The summed E-state index contributed by atoms with van der Waals surface area (Å²) in [6.45, 7) is 9.68. The van der Waals surface area contributed by atoms with Crippen LogP contribution in [0, 0.1) is 6.92 Å². The van der Waals surface area contributed by atoms with Gasteiger partial charge in [0, 0.05) is 5.71 Å². The highest BCUT2D eigenvalue weighted by atomic mass is 16.5. The number of carbonyl (C=O) groups excluding carboxylic acids is 2. The number of amides is 1. The quantitative estimate of drug-likeness (QED) is 0.450. The Bertz CT molecular complexity index is 609. The standard InChI is InChI=1S/C18H26N2O4/c1-6-23-18(22)10-14(5)19-20-17(21)11-24-16-9-13(4)7-8-15(16)12(2)3/h7-9,12H,6,10-11H2,1-5H3,(H,20,21)/b19-14-. The van der Waals surface area contributed by atoms with Gasteiger partial charge in [0.15, 0.2) is 6.61 Å². The molecular weight excluding hydrogens is 308 g/mol. The molecule has 0 spiro atoms. The maximum atomic E-state index is 11.8. The molecule has 1 amide bonds. The molecule has 24 heavy (non-hydrogen) atoms. The molecule has 6 nitrogen and oxygen atoms in total. The Morgan fingerprint density at radius 3 is 2.62 bits per heavy atom. The van der Waals surface area contributed by atoms with Crippen LogP contribution in [0.2, 0.25) is 0 Å². The van der Waals surface area contributed by atoms with Crippen LogP contribution in [0.3, 0.4) is 0 Å². The molecule has 0 saturated heterocycles. The Labute approximate surface area is 143 Å². The molecule has 0 atom stereocenters. The van der Waals surface area contributed by atoms with Gasteiger partial charge in [-0.1, -0.05) is 26.0 Å². The van der Waals surface area contributed by atoms with E-state index < -0.39 is 0 Å². The fourth-order valence-electron chi connectivity index (χ4n) is 2.04. The predicted octanol–water partition coefficient (Wildman–Crippen LogP) is 2.94. The first-order valence-electron chi connectivity index (χ1n) is 8.04. The van der Waals surface area contributed by atoms with E-state index >= 15 is 0 Å². The summed E-state index contributed by atoms with van der Waals surface area (Å²) in [6, 6.07) is 5.94. The molecule has 1 N–H and O–H groups in total. The minimum Gasteiger partial charge on any atom is -0.483 e. The van der Waals surface area contributed by atoms with E-state index in [0.717, 1.165) is 11.1 Å². The molecule has 0 unspecified atom stereocenters. The highest BCUT2D eigenvalue weighted by molar-refractivity contribution is 5.98. The van der Waals surface area contributed by atoms with Crippen molar-refractivity contribution in [2.75, 3.05) is 13.2 Å². The van der Waals surface area contributed by atoms with Crippen LogP contribution in [0.4, 0.5) is 0 Å². The predicted molar refractivity (Wildman–Crippen MR) is 93.3 cm³/mol. The van der Waals surface area contributed by atoms with Crippen molar-refractivity contribution in [1.82, 2.24) is 5.43 Å². The smallest absolute Gasteiger partial charge is 0.311 e. The Hall–Kier alpha value is -2.37. The zero-order valence-corrected chi connectivity index (χ0v) is 15.0. The number of esters is 1. The summed E-state index contributed by atoms with van der Waals surface area (Å²) >= 11 is 0. The average molecular weight is 334 g/mol. The van der Waals surface area contributed by atoms with Gasteiger partial charge < -0.3 is 9.47 Å². The lowest BCUT2D eigenvalue weighted by Gasteiger charge is -2.14. The van der Waals surface area contributed by atoms with Crippen LogP contribution in [0.15, 0.2) is 23.3 Å². The minimum atomic E-state index is -0.380. The largest absolute Gasteiger partial charge is 0.483 e. The summed E-state index contributed by atoms with van der Waals surface area (Å²) in [7, 11) is 0. The monoisotopic (exact) mass is 334 g/mol. The number of hydrogen-bond donors (Lipinski definition) is 1. The van der Waals surface area contributed by atoms with Gasteiger partial charge in [-0.25, -0.2) is 5.43 Å². The molecule has 132 valence electrons. The minimum absolute atomic E-state index is 0.0460. The number of hydrazone groups is 1. The average Bonchev–Trinajstić information content (AvgIpc) is 2.50. The number of nitrogens with zero attached hydrogens (tertiary/aromatic N) is 1. The number of ether oxygens (including phenoxy) is 2. The Balaban J connectivity index is 2.55. The van der Waals surface area contributed by atoms with E-state index in [4.69, 9.17) is 9.47 Å². The molecule has 0 radical (unpaired) electrons. The first kappa shape index (κ1) is 19.7. The normalized spacial score (nSPS) is 11.3. The van der Waals surface area contributed by atoms with Crippen molar-refractivity contribution in [2.45, 2.75) is 47.0 Å². The van der Waals surface area contributed by atoms with Crippen LogP contribution in [-0.4, -0.2) is 30.8 Å². The van der Waals surface area contributed by atoms with Gasteiger partial charge in [-0.2, -0.15) is 5.10 Å². The summed E-state index contributed by atoms with van der Waals surface area (Å²) in [6.07, 6.45) is 0.0460. The van der Waals surface area contributed by atoms with Gasteiger partial charge in [0.2, 0.25) is 0 Å². The third kappa shape index (κ3) is 6.81. The molecule has 6 heteroatoms. The second kappa shape index (κ2) is 9.70. The van der Waals surface area contributed by atoms with Crippen LogP contribution in [0.5, 0.6) is 5.75 Å². The van der Waals surface area contributed by atoms with Gasteiger partial charge in [0.05, 0.1) is 13.0 Å². The highest BCUT2D eigenvalue weighted by Crippen LogP contribution is 2.27. The third-order valence-corrected chi connectivity index (χ3v) is 3.23. The van der Waals surface area contributed by atoms with Gasteiger partial charge in [0.1, 0.15) is 5.75 Å². The van der Waals surface area contributed by atoms with Crippen LogP contribution in [0.1, 0.15) is 51.2 Å². The lowest BCUT2D eigenvalue weighted by Crippen LogP contribution is -2.26. The van der Waals surface area contributed by atoms with Gasteiger partial charge in [-0.15, -0.1) is 0 Å².